The van der Waals surface area contributed by atoms with Crippen LogP contribution in [0, 0.1) is 11.3 Å². The Hall–Kier alpha value is -3.82. The second-order valence-corrected chi connectivity index (χ2v) is 23.6. The molecule has 2 amide bonds. The molecule has 68 heavy (non-hydrogen) atoms. The van der Waals surface area contributed by atoms with E-state index in [-0.39, 0.29) is 47.3 Å². The minimum absolute atomic E-state index is 0.119. The van der Waals surface area contributed by atoms with Crippen molar-refractivity contribution in [1.29, 1.82) is 0 Å². The van der Waals surface area contributed by atoms with E-state index in [2.05, 4.69) is 25.5 Å². The van der Waals surface area contributed by atoms with E-state index in [4.69, 9.17) is 19.5 Å². The zero-order valence-corrected chi connectivity index (χ0v) is 41.3. The number of nitrogens with zero attached hydrogens (tertiary/aromatic N) is 4. The highest BCUT2D eigenvalue weighted by molar-refractivity contribution is 7.99. The Morgan fingerprint density at radius 3 is 2.66 bits per heavy atom. The number of amides is 2. The first kappa shape index (κ1) is 50.6. The van der Waals surface area contributed by atoms with Gasteiger partial charge in [0.25, 0.3) is 10.1 Å². The van der Waals surface area contributed by atoms with Crippen molar-refractivity contribution in [1.82, 2.24) is 20.9 Å². The lowest BCUT2D eigenvalue weighted by Gasteiger charge is -2.34. The lowest BCUT2D eigenvalue weighted by atomic mass is 9.68. The fourth-order valence-corrected chi connectivity index (χ4v) is 13.7. The molecule has 6 aliphatic heterocycles. The lowest BCUT2D eigenvalue weighted by molar-refractivity contribution is -0.546. The van der Waals surface area contributed by atoms with E-state index in [9.17, 15) is 50.1 Å². The third kappa shape index (κ3) is 9.42. The fourth-order valence-electron chi connectivity index (χ4n) is 10.6. The smallest absolute Gasteiger partial charge is 0.472 e. The number of guanidine groups is 1. The predicted molar refractivity (Wildman–Crippen MR) is 248 cm³/mol. The predicted octanol–water partition coefficient (Wildman–Crippen LogP) is 0.917. The Morgan fingerprint density at radius 1 is 1.22 bits per heavy atom. The van der Waals surface area contributed by atoms with Gasteiger partial charge in [-0.2, -0.15) is 8.42 Å². The van der Waals surface area contributed by atoms with Crippen molar-refractivity contribution in [2.45, 2.75) is 112 Å². The van der Waals surface area contributed by atoms with E-state index in [0.29, 0.717) is 37.4 Å². The third-order valence-corrected chi connectivity index (χ3v) is 17.7. The molecule has 6 heterocycles. The number of carbonyl (C=O) groups is 2. The molecule has 8 rings (SSSR count). The van der Waals surface area contributed by atoms with Crippen molar-refractivity contribution in [3.63, 3.8) is 0 Å². The van der Waals surface area contributed by atoms with Crippen LogP contribution in [-0.4, -0.2) is 149 Å². The maximum atomic E-state index is 13.4. The maximum absolute atomic E-state index is 13.4. The first-order chi connectivity index (χ1) is 31.9. The summed E-state index contributed by atoms with van der Waals surface area (Å²) in [6.07, 6.45) is 5.90. The Balaban J connectivity index is 0.951. The molecule has 0 aromatic heterocycles. The molecule has 3 fully saturated rings. The number of nitrogens with two attached hydrogens (primary N) is 1. The average Bonchev–Trinajstić information content (AvgIpc) is 3.92. The van der Waals surface area contributed by atoms with Gasteiger partial charge in [0, 0.05) is 48.1 Å². The van der Waals surface area contributed by atoms with Gasteiger partial charge in [-0.25, -0.2) is 27.5 Å². The van der Waals surface area contributed by atoms with Crippen LogP contribution < -0.4 is 26.6 Å². The molecule has 3 saturated heterocycles. The van der Waals surface area contributed by atoms with Gasteiger partial charge in [0.05, 0.1) is 27.7 Å². The number of benzene rings is 1. The van der Waals surface area contributed by atoms with Gasteiger partial charge >= 0.3 is 7.82 Å². The number of aliphatic hydroxyl groups is 1. The quantitative estimate of drug-likeness (QED) is 0.0556. The molecule has 22 nitrogen and oxygen atoms in total. The minimum atomic E-state index is -4.77. The number of aliphatic imine (C=N–C) groups is 1. The number of carbonyl (C=O) groups excluding carboxylic acids is 2. The van der Waals surface area contributed by atoms with Gasteiger partial charge in [-0.05, 0) is 69.5 Å². The van der Waals surface area contributed by atoms with Crippen LogP contribution in [0.4, 0.5) is 5.69 Å². The van der Waals surface area contributed by atoms with Gasteiger partial charge in [0.1, 0.15) is 58.9 Å². The Morgan fingerprint density at radius 2 is 1.97 bits per heavy atom. The summed E-state index contributed by atoms with van der Waals surface area (Å²) < 4.78 is 101. The van der Waals surface area contributed by atoms with Crippen LogP contribution in [0.15, 0.2) is 75.1 Å². The Bertz CT molecular complexity index is 2710. The standard InChI is InChI=1S/C42H57N8O14PS3/c1-6-48-27-16-14-23(67(56,57)58)20-26(27)42(5,31(48)11-8-10-30-41(3,4)25-15-13-24(68(59,60)61)21-28(25)49(30)7-2)17-9-12-32(51)44-18-19-66-40-45-33-36(46-39(43)47-37(33)53)50(40)38-34(52)35-29(63-38)22-62-65(54,55)64-35/h8,10-11,13-16,20-21,26-27,29,33-36,38,40,45,52H,6-7,9,12,17-19,22H2,1-5H3,(H6-,43,44,46,47,51,53,54,55,56,57,58,59,60,61)/t26?,27?,29?,33?,34-,35?,36?,38?,40?,42?/m0/s1. The number of thioether (sulfide) groups is 1. The summed E-state index contributed by atoms with van der Waals surface area (Å²) in [6, 6.07) is 3.41. The van der Waals surface area contributed by atoms with Crippen LogP contribution in [0.2, 0.25) is 0 Å². The van der Waals surface area contributed by atoms with E-state index < -0.39 is 93.0 Å². The molecule has 8 N–H and O–H groups in total. The van der Waals surface area contributed by atoms with Gasteiger partial charge in [0.2, 0.25) is 11.8 Å². The number of phosphoric acid groups is 1. The topological polar surface area (TPSA) is 315 Å². The summed E-state index contributed by atoms with van der Waals surface area (Å²) >= 11 is 1.30. The van der Waals surface area contributed by atoms with Crippen LogP contribution in [0.3, 0.4) is 0 Å². The van der Waals surface area contributed by atoms with E-state index >= 15 is 0 Å². The van der Waals surface area contributed by atoms with E-state index in [0.717, 1.165) is 17.0 Å². The molecule has 0 saturated carbocycles. The van der Waals surface area contributed by atoms with Crippen molar-refractivity contribution in [3.05, 3.63) is 70.8 Å². The van der Waals surface area contributed by atoms with Crippen molar-refractivity contribution in [2.24, 2.45) is 22.1 Å². The Labute approximate surface area is 398 Å². The number of likely N-dealkylation sites (N-methyl/N-ethyl adjacent to an activating group) is 2. The first-order valence-electron chi connectivity index (χ1n) is 22.2. The molecule has 11 atom stereocenters. The van der Waals surface area contributed by atoms with Crippen molar-refractivity contribution < 1.29 is 68.5 Å². The van der Waals surface area contributed by atoms with Crippen molar-refractivity contribution in [3.8, 4) is 0 Å². The molecule has 1 aliphatic carbocycles. The van der Waals surface area contributed by atoms with Crippen LogP contribution in [0.25, 0.3) is 0 Å². The molecule has 10 unspecified atom stereocenters. The normalized spacial score (nSPS) is 35.0. The summed E-state index contributed by atoms with van der Waals surface area (Å²) in [5.41, 5.74) is 7.25. The number of hydrogen-bond acceptors (Lipinski definition) is 18. The molecule has 372 valence electrons. The number of phosphoric ester groups is 1. The van der Waals surface area contributed by atoms with Crippen molar-refractivity contribution >= 4 is 69.0 Å². The second-order valence-electron chi connectivity index (χ2n) is 18.2. The molecular formula is C42H57N8O14PS3. The van der Waals surface area contributed by atoms with Crippen LogP contribution >= 0.6 is 19.6 Å². The summed E-state index contributed by atoms with van der Waals surface area (Å²) in [5, 5.41) is 19.9. The van der Waals surface area contributed by atoms with Gasteiger partial charge in [-0.1, -0.05) is 32.1 Å². The zero-order chi connectivity index (χ0) is 49.3. The first-order valence-corrected chi connectivity index (χ1v) is 27.6. The molecule has 7 aliphatic rings. The number of fused-ring (bicyclic) bond motifs is 4. The third-order valence-electron chi connectivity index (χ3n) is 13.8. The summed E-state index contributed by atoms with van der Waals surface area (Å²) in [7, 11) is -13.6. The highest BCUT2D eigenvalue weighted by Crippen LogP contribution is 2.53. The number of ether oxygens (including phenoxy) is 1. The number of anilines is 1. The van der Waals surface area contributed by atoms with Crippen molar-refractivity contribution in [2.75, 3.05) is 36.9 Å². The van der Waals surface area contributed by atoms with E-state index in [1.54, 1.807) is 17.0 Å². The second kappa shape index (κ2) is 18.7. The zero-order valence-electron chi connectivity index (χ0n) is 37.9. The lowest BCUT2D eigenvalue weighted by Crippen LogP contribution is -2.57. The maximum Gasteiger partial charge on any atom is 0.472 e. The molecule has 26 heteroatoms. The number of allylic oxidation sites excluding steroid dienone is 5. The number of rotatable bonds is 15. The van der Waals surface area contributed by atoms with E-state index in [1.807, 2.05) is 57.7 Å². The van der Waals surface area contributed by atoms with E-state index in [1.165, 1.54) is 36.0 Å². The molecule has 0 spiro atoms. The summed E-state index contributed by atoms with van der Waals surface area (Å²) in [4.78, 5) is 43.7. The summed E-state index contributed by atoms with van der Waals surface area (Å²) in [6.45, 7) is 11.0. The monoisotopic (exact) mass is 1020 g/mol. The number of hydrogen-bond donors (Lipinski definition) is 7. The molecule has 0 bridgehead atoms. The largest absolute Gasteiger partial charge is 0.744 e. The van der Waals surface area contributed by atoms with Gasteiger partial charge < -0.3 is 35.2 Å². The SMILES string of the molecule is CCN1C(=CC=CC2=[N+](CC)C3C=CC(S(=O)(=O)[O-])=CC3C2(C)CCCC(=O)NCCSC2NC3C(=O)NC(N)=NC3N2C2OC3COP(=O)(O)OC3[C@@H]2O)C(C)(C)c2ccc(S(=O)(=O)O)cc21. The van der Waals surface area contributed by atoms with Gasteiger partial charge in [0.15, 0.2) is 17.7 Å². The molecule has 1 aromatic rings. The van der Waals surface area contributed by atoms with Crippen LogP contribution in [0.1, 0.15) is 59.4 Å². The fraction of sp³-hybridized carbons (Fsp3) is 0.571. The number of aliphatic hydroxyl groups excluding tert-OH is 1. The molecule has 1 aromatic carbocycles. The summed E-state index contributed by atoms with van der Waals surface area (Å²) in [5.74, 6) is -0.937. The highest BCUT2D eigenvalue weighted by atomic mass is 32.2. The van der Waals surface area contributed by atoms with Gasteiger partial charge in [-0.3, -0.25) is 33.8 Å². The molecule has 0 radical (unpaired) electrons. The Kier molecular flexibility index (Phi) is 13.9. The van der Waals surface area contributed by atoms with Crippen LogP contribution in [0.5, 0.6) is 0 Å². The van der Waals surface area contributed by atoms with Gasteiger partial charge in [-0.15, -0.1) is 11.8 Å². The minimum Gasteiger partial charge on any atom is -0.744 e. The van der Waals surface area contributed by atoms with Crippen LogP contribution in [-0.2, 0) is 53.6 Å². The highest BCUT2D eigenvalue weighted by Gasteiger charge is 2.59. The molecular weight excluding hydrogens is 968 g/mol. The number of nitrogens with one attached hydrogen (secondary N) is 3. The average molecular weight is 1030 g/mol.